The highest BCUT2D eigenvalue weighted by Gasteiger charge is 2.57. The summed E-state index contributed by atoms with van der Waals surface area (Å²) in [6.45, 7) is 1.61. The number of methoxy groups -OCH3 is 1. The molecule has 1 fully saturated rings. The lowest BCUT2D eigenvalue weighted by Crippen LogP contribution is -2.33. The first-order chi connectivity index (χ1) is 21.1. The molecular weight excluding hydrogens is 608 g/mol. The molecule has 0 spiro atoms. The number of carbonyl (C=O) groups excluding carboxylic acids is 3. The number of aryl methyl sites for hydroxylation is 1. The lowest BCUT2D eigenvalue weighted by Gasteiger charge is -2.31. The van der Waals surface area contributed by atoms with Crippen molar-refractivity contribution >= 4 is 57.9 Å². The quantitative estimate of drug-likeness (QED) is 0.172. The highest BCUT2D eigenvalue weighted by Crippen LogP contribution is 2.54. The molecule has 2 N–H and O–H groups in total. The Labute approximate surface area is 258 Å². The number of thiazole rings is 1. The molecule has 1 aromatic heterocycles. The second-order valence-corrected chi connectivity index (χ2v) is 12.4. The van der Waals surface area contributed by atoms with E-state index in [0.29, 0.717) is 21.2 Å². The van der Waals surface area contributed by atoms with Gasteiger partial charge in [-0.05, 0) is 48.9 Å². The maximum Gasteiger partial charge on any atom is 0.308 e. The topological polar surface area (TPSA) is 161 Å². The van der Waals surface area contributed by atoms with Crippen LogP contribution in [0.2, 0.25) is 0 Å². The first-order valence-electron chi connectivity index (χ1n) is 13.3. The number of nitro benzene ring substituents is 1. The van der Waals surface area contributed by atoms with E-state index in [4.69, 9.17) is 4.74 Å². The molecule has 3 heterocycles. The van der Waals surface area contributed by atoms with E-state index in [-0.39, 0.29) is 29.4 Å². The lowest BCUT2D eigenvalue weighted by molar-refractivity contribution is -0.384. The molecule has 3 atom stereocenters. The number of ether oxygens (including phenoxy) is 1. The van der Waals surface area contributed by atoms with Gasteiger partial charge in [-0.25, -0.2) is 4.90 Å². The summed E-state index contributed by atoms with van der Waals surface area (Å²) in [7, 11) is 1.38. The minimum Gasteiger partial charge on any atom is -0.504 e. The predicted octanol–water partition coefficient (Wildman–Crippen LogP) is 4.28. The summed E-state index contributed by atoms with van der Waals surface area (Å²) in [6, 6.07) is 16.9. The maximum atomic E-state index is 14.0. The number of hydrogen-bond donors (Lipinski definition) is 2. The van der Waals surface area contributed by atoms with Crippen LogP contribution in [0.1, 0.15) is 21.9 Å². The Bertz CT molecular complexity index is 1880. The maximum absolute atomic E-state index is 14.0. The van der Waals surface area contributed by atoms with Crippen LogP contribution in [0.5, 0.6) is 11.5 Å². The number of aromatic nitrogens is 1. The van der Waals surface area contributed by atoms with Crippen LogP contribution in [0.25, 0.3) is 0 Å². The number of aromatic hydroxyl groups is 1. The van der Waals surface area contributed by atoms with Crippen molar-refractivity contribution in [1.82, 2.24) is 4.57 Å². The van der Waals surface area contributed by atoms with Crippen molar-refractivity contribution < 1.29 is 29.2 Å². The Morgan fingerprint density at radius 2 is 1.75 bits per heavy atom. The summed E-state index contributed by atoms with van der Waals surface area (Å²) in [4.78, 5) is 65.9. The van der Waals surface area contributed by atoms with E-state index >= 15 is 0 Å². The number of imide groups is 1. The lowest BCUT2D eigenvalue weighted by atomic mass is 9.83. The Morgan fingerprint density at radius 1 is 1.05 bits per heavy atom. The zero-order valence-corrected chi connectivity index (χ0v) is 24.9. The van der Waals surface area contributed by atoms with E-state index < -0.39 is 44.6 Å². The fourth-order valence-corrected chi connectivity index (χ4v) is 8.23. The Hall–Kier alpha value is -4.95. The third kappa shape index (κ3) is 5.01. The van der Waals surface area contributed by atoms with Crippen molar-refractivity contribution in [3.63, 3.8) is 0 Å². The Morgan fingerprint density at radius 3 is 2.41 bits per heavy atom. The number of amides is 3. The monoisotopic (exact) mass is 632 g/mol. The molecule has 0 unspecified atom stereocenters. The van der Waals surface area contributed by atoms with Crippen molar-refractivity contribution in [2.24, 2.45) is 5.92 Å². The van der Waals surface area contributed by atoms with E-state index in [1.165, 1.54) is 42.0 Å². The van der Waals surface area contributed by atoms with Crippen LogP contribution in [0.15, 0.2) is 76.6 Å². The first kappa shape index (κ1) is 29.1. The third-order valence-corrected chi connectivity index (χ3v) is 10.2. The molecule has 14 heteroatoms. The molecule has 12 nitrogen and oxygen atoms in total. The van der Waals surface area contributed by atoms with Crippen molar-refractivity contribution in [2.75, 3.05) is 17.3 Å². The summed E-state index contributed by atoms with van der Waals surface area (Å²) in [5.41, 5.74) is 2.10. The van der Waals surface area contributed by atoms with Crippen LogP contribution in [0.4, 0.5) is 17.1 Å². The van der Waals surface area contributed by atoms with E-state index in [2.05, 4.69) is 5.32 Å². The van der Waals surface area contributed by atoms with Crippen LogP contribution in [-0.2, 0) is 20.9 Å². The Balaban J connectivity index is 1.42. The zero-order valence-electron chi connectivity index (χ0n) is 23.3. The summed E-state index contributed by atoms with van der Waals surface area (Å²) < 4.78 is 6.61. The number of benzene rings is 3. The van der Waals surface area contributed by atoms with Crippen molar-refractivity contribution in [3.8, 4) is 11.5 Å². The highest BCUT2D eigenvalue weighted by atomic mass is 32.2. The molecule has 224 valence electrons. The largest absolute Gasteiger partial charge is 0.504 e. The number of nitrogens with zero attached hydrogens (tertiary/aromatic N) is 3. The number of phenols is 1. The molecule has 44 heavy (non-hydrogen) atoms. The number of nitrogens with one attached hydrogen (secondary N) is 1. The van der Waals surface area contributed by atoms with Gasteiger partial charge in [0.15, 0.2) is 11.5 Å². The van der Waals surface area contributed by atoms with Gasteiger partial charge < -0.3 is 15.2 Å². The predicted molar refractivity (Wildman–Crippen MR) is 164 cm³/mol. The van der Waals surface area contributed by atoms with E-state index in [9.17, 15) is 34.4 Å². The number of carbonyl (C=O) groups is 3. The van der Waals surface area contributed by atoms with Crippen LogP contribution < -0.4 is 19.8 Å². The summed E-state index contributed by atoms with van der Waals surface area (Å²) in [5.74, 6) is -3.24. The van der Waals surface area contributed by atoms with Crippen molar-refractivity contribution in [1.29, 1.82) is 0 Å². The van der Waals surface area contributed by atoms with Gasteiger partial charge in [0.05, 0.1) is 28.7 Å². The molecular formula is C30H24N4O8S2. The van der Waals surface area contributed by atoms with E-state index in [0.717, 1.165) is 33.6 Å². The number of thioether (sulfide) groups is 1. The summed E-state index contributed by atoms with van der Waals surface area (Å²) >= 11 is 1.94. The minimum atomic E-state index is -0.963. The normalized spacial score (nSPS) is 19.0. The summed E-state index contributed by atoms with van der Waals surface area (Å²) in [6.07, 6.45) is 0. The van der Waals surface area contributed by atoms with Crippen molar-refractivity contribution in [2.45, 2.75) is 29.7 Å². The molecule has 0 radical (unpaired) electrons. The number of phenolic OH excluding ortho intramolecular Hbond substituents is 1. The van der Waals surface area contributed by atoms with Gasteiger partial charge in [0.2, 0.25) is 17.7 Å². The van der Waals surface area contributed by atoms with E-state index in [1.54, 1.807) is 24.3 Å². The SMILES string of the molecule is COc1cc([C@@H]2c3sc(=O)n(CC(=O)Nc4ccc(C)cc4)c3S[C@@H]3C(=O)N(c4ccc([N+](=O)[O-])cc4)C(=O)[C@H]23)ccc1O. The number of non-ortho nitro benzene ring substituents is 1. The molecule has 0 bridgehead atoms. The number of fused-ring (bicyclic) bond motifs is 2. The minimum absolute atomic E-state index is 0.127. The van der Waals surface area contributed by atoms with E-state index in [1.807, 2.05) is 19.1 Å². The fraction of sp³-hybridized carbons (Fsp3) is 0.200. The second kappa shape index (κ2) is 11.3. The molecule has 0 aliphatic carbocycles. The smallest absolute Gasteiger partial charge is 0.308 e. The van der Waals surface area contributed by atoms with Gasteiger partial charge in [0.1, 0.15) is 11.8 Å². The zero-order chi connectivity index (χ0) is 31.3. The molecule has 3 aromatic carbocycles. The highest BCUT2D eigenvalue weighted by molar-refractivity contribution is 8.00. The van der Waals surface area contributed by atoms with Crippen LogP contribution in [-0.4, -0.2) is 44.7 Å². The van der Waals surface area contributed by atoms with Gasteiger partial charge in [-0.15, -0.1) is 0 Å². The number of nitro groups is 1. The number of hydrogen-bond acceptors (Lipinski definition) is 10. The molecule has 4 aromatic rings. The average molecular weight is 633 g/mol. The second-order valence-electron chi connectivity index (χ2n) is 10.3. The molecule has 0 saturated carbocycles. The molecule has 2 aliphatic rings. The van der Waals surface area contributed by atoms with Gasteiger partial charge in [0.25, 0.3) is 5.69 Å². The average Bonchev–Trinajstić information content (AvgIpc) is 3.44. The standard InChI is InChI=1S/C30H24N4O8S2/c1-15-3-6-17(7-4-15)31-22(36)14-32-29-26(44-30(32)39)23(16-5-12-20(35)21(13-16)42-2)24-25(43-29)28(38)33(27(24)37)18-8-10-19(11-9-18)34(40)41/h3-13,23-25,35H,14H2,1-2H3,(H,31,36)/t23-,24+,25-/m0/s1. The summed E-state index contributed by atoms with van der Waals surface area (Å²) in [5, 5.41) is 23.6. The molecule has 6 rings (SSSR count). The van der Waals surface area contributed by atoms with Gasteiger partial charge >= 0.3 is 4.87 Å². The van der Waals surface area contributed by atoms with Gasteiger partial charge in [-0.2, -0.15) is 0 Å². The molecule has 3 amide bonds. The van der Waals surface area contributed by atoms with Gasteiger partial charge in [-0.1, -0.05) is 46.9 Å². The van der Waals surface area contributed by atoms with Crippen LogP contribution in [0.3, 0.4) is 0 Å². The number of rotatable bonds is 7. The first-order valence-corrected chi connectivity index (χ1v) is 15.0. The van der Waals surface area contributed by atoms with Crippen LogP contribution in [0, 0.1) is 23.0 Å². The van der Waals surface area contributed by atoms with Crippen molar-refractivity contribution in [3.05, 3.63) is 103 Å². The van der Waals surface area contributed by atoms with Gasteiger partial charge in [-0.3, -0.25) is 33.9 Å². The molecule has 2 aliphatic heterocycles. The van der Waals surface area contributed by atoms with Gasteiger partial charge in [0, 0.05) is 28.6 Å². The third-order valence-electron chi connectivity index (χ3n) is 7.57. The molecule has 1 saturated heterocycles. The van der Waals surface area contributed by atoms with Crippen LogP contribution >= 0.6 is 23.1 Å². The fourth-order valence-electron chi connectivity index (χ4n) is 5.46. The number of anilines is 2. The Kier molecular flexibility index (Phi) is 7.47.